The van der Waals surface area contributed by atoms with Crippen molar-refractivity contribution in [2.75, 3.05) is 11.9 Å². The highest BCUT2D eigenvalue weighted by Crippen LogP contribution is 2.24. The van der Waals surface area contributed by atoms with Gasteiger partial charge in [0.1, 0.15) is 11.3 Å². The molecule has 2 aromatic heterocycles. The molecule has 1 aliphatic rings. The fourth-order valence-corrected chi connectivity index (χ4v) is 3.51. The van der Waals surface area contributed by atoms with Gasteiger partial charge in [0.05, 0.1) is 11.9 Å². The van der Waals surface area contributed by atoms with Crippen LogP contribution in [0.15, 0.2) is 66.5 Å². The fraction of sp³-hybridized carbons (Fsp3) is 0.250. The van der Waals surface area contributed by atoms with E-state index in [1.807, 2.05) is 24.3 Å². The van der Waals surface area contributed by atoms with Crippen LogP contribution in [0.3, 0.4) is 0 Å². The van der Waals surface area contributed by atoms with E-state index in [9.17, 15) is 4.79 Å². The van der Waals surface area contributed by atoms with Gasteiger partial charge in [-0.1, -0.05) is 42.5 Å². The Kier molecular flexibility index (Phi) is 6.52. The van der Waals surface area contributed by atoms with Gasteiger partial charge >= 0.3 is 6.03 Å². The number of amides is 2. The molecule has 0 bridgehead atoms. The number of fused-ring (bicyclic) bond motifs is 1. The fourth-order valence-electron chi connectivity index (χ4n) is 3.51. The van der Waals surface area contributed by atoms with Gasteiger partial charge in [-0.3, -0.25) is 10.3 Å². The third-order valence-electron chi connectivity index (χ3n) is 5.14. The first-order valence-electron chi connectivity index (χ1n) is 10.6. The van der Waals surface area contributed by atoms with Gasteiger partial charge in [0, 0.05) is 17.8 Å². The molecule has 0 atom stereocenters. The molecule has 7 heteroatoms. The summed E-state index contributed by atoms with van der Waals surface area (Å²) >= 11 is 0. The maximum Gasteiger partial charge on any atom is 0.320 e. The van der Waals surface area contributed by atoms with Crippen molar-refractivity contribution in [2.45, 2.75) is 32.1 Å². The molecule has 158 valence electrons. The number of nitrogens with one attached hydrogen (secondary N) is 2. The van der Waals surface area contributed by atoms with Gasteiger partial charge in [-0.25, -0.2) is 14.8 Å². The zero-order valence-electron chi connectivity index (χ0n) is 17.3. The quantitative estimate of drug-likeness (QED) is 0.503. The van der Waals surface area contributed by atoms with E-state index in [0.717, 1.165) is 37.7 Å². The monoisotopic (exact) mass is 414 g/mol. The van der Waals surface area contributed by atoms with E-state index in [-0.39, 0.29) is 6.03 Å². The van der Waals surface area contributed by atoms with E-state index in [4.69, 9.17) is 5.73 Å². The molecule has 1 aliphatic carbocycles. The normalized spacial score (nSPS) is 13.4. The summed E-state index contributed by atoms with van der Waals surface area (Å²) in [6.07, 6.45) is 10.6. The van der Waals surface area contributed by atoms with Crippen LogP contribution in [0.5, 0.6) is 0 Å². The van der Waals surface area contributed by atoms with Crippen LogP contribution in [-0.4, -0.2) is 27.5 Å². The van der Waals surface area contributed by atoms with E-state index >= 15 is 0 Å². The van der Waals surface area contributed by atoms with Crippen molar-refractivity contribution < 1.29 is 4.79 Å². The van der Waals surface area contributed by atoms with Crippen LogP contribution in [-0.2, 0) is 6.42 Å². The molecule has 0 aliphatic heterocycles. The summed E-state index contributed by atoms with van der Waals surface area (Å²) in [6.45, 7) is 0.607. The molecular formula is C24H26N6O. The lowest BCUT2D eigenvalue weighted by atomic mass is 10.0. The SMILES string of the molecule is NC1=CCCC=C1c1cnc2ccc(NC(=O)NCCCCc3ccccc3)nc2n1. The second kappa shape index (κ2) is 9.84. The zero-order valence-corrected chi connectivity index (χ0v) is 17.3. The second-order valence-corrected chi connectivity index (χ2v) is 7.47. The summed E-state index contributed by atoms with van der Waals surface area (Å²) in [6, 6.07) is 13.6. The molecule has 0 radical (unpaired) electrons. The number of nitrogens with two attached hydrogens (primary N) is 1. The topological polar surface area (TPSA) is 106 Å². The number of urea groups is 1. The number of rotatable bonds is 7. The van der Waals surface area contributed by atoms with E-state index in [1.54, 1.807) is 18.3 Å². The van der Waals surface area contributed by atoms with Crippen molar-refractivity contribution in [2.24, 2.45) is 5.73 Å². The number of anilines is 1. The molecule has 4 N–H and O–H groups in total. The van der Waals surface area contributed by atoms with Gasteiger partial charge in [-0.2, -0.15) is 0 Å². The Morgan fingerprint density at radius 3 is 2.68 bits per heavy atom. The maximum absolute atomic E-state index is 12.2. The Labute approximate surface area is 181 Å². The molecule has 1 aromatic carbocycles. The smallest absolute Gasteiger partial charge is 0.320 e. The summed E-state index contributed by atoms with van der Waals surface area (Å²) < 4.78 is 0. The summed E-state index contributed by atoms with van der Waals surface area (Å²) in [7, 11) is 0. The standard InChI is InChI=1S/C24H26N6O/c25-19-12-5-4-11-18(19)21-16-27-20-13-14-22(29-23(20)28-21)30-24(31)26-15-7-6-10-17-8-2-1-3-9-17/h1-3,8-9,11-14,16H,4-7,10,15,25H2,(H2,26,28,29,30,31). The van der Waals surface area contributed by atoms with E-state index < -0.39 is 0 Å². The van der Waals surface area contributed by atoms with E-state index in [1.165, 1.54) is 5.56 Å². The average Bonchev–Trinajstić information content (AvgIpc) is 2.79. The summed E-state index contributed by atoms with van der Waals surface area (Å²) in [4.78, 5) is 25.7. The average molecular weight is 415 g/mol. The molecule has 0 fully saturated rings. The maximum atomic E-state index is 12.2. The van der Waals surface area contributed by atoms with Crippen molar-refractivity contribution in [1.82, 2.24) is 20.3 Å². The molecule has 2 heterocycles. The lowest BCUT2D eigenvalue weighted by molar-refractivity contribution is 0.252. The molecule has 3 aromatic rings. The number of pyridine rings is 1. The van der Waals surface area contributed by atoms with Gasteiger partial charge in [0.15, 0.2) is 5.65 Å². The Hall–Kier alpha value is -3.74. The van der Waals surface area contributed by atoms with Gasteiger partial charge in [-0.15, -0.1) is 0 Å². The highest BCUT2D eigenvalue weighted by molar-refractivity contribution is 5.89. The van der Waals surface area contributed by atoms with Crippen LogP contribution in [0.1, 0.15) is 36.9 Å². The number of allylic oxidation sites excluding steroid dienone is 3. The van der Waals surface area contributed by atoms with Crippen molar-refractivity contribution in [3.05, 3.63) is 77.8 Å². The minimum absolute atomic E-state index is 0.280. The Bertz CT molecular complexity index is 1120. The molecule has 0 saturated heterocycles. The minimum atomic E-state index is -0.280. The first kappa shape index (κ1) is 20.5. The zero-order chi connectivity index (χ0) is 21.5. The van der Waals surface area contributed by atoms with Crippen molar-refractivity contribution >= 4 is 28.6 Å². The Morgan fingerprint density at radius 1 is 1.00 bits per heavy atom. The summed E-state index contributed by atoms with van der Waals surface area (Å²) in [5, 5.41) is 5.65. The highest BCUT2D eigenvalue weighted by atomic mass is 16.2. The number of carbonyl (C=O) groups excluding carboxylic acids is 1. The predicted octanol–water partition coefficient (Wildman–Crippen LogP) is 4.19. The van der Waals surface area contributed by atoms with Crippen LogP contribution < -0.4 is 16.4 Å². The number of aromatic nitrogens is 3. The minimum Gasteiger partial charge on any atom is -0.398 e. The molecule has 4 rings (SSSR count). The first-order chi connectivity index (χ1) is 15.2. The van der Waals surface area contributed by atoms with Gasteiger partial charge < -0.3 is 11.1 Å². The van der Waals surface area contributed by atoms with Crippen molar-refractivity contribution in [3.63, 3.8) is 0 Å². The molecule has 7 nitrogen and oxygen atoms in total. The molecule has 31 heavy (non-hydrogen) atoms. The second-order valence-electron chi connectivity index (χ2n) is 7.47. The summed E-state index contributed by atoms with van der Waals surface area (Å²) in [5.74, 6) is 0.432. The summed E-state index contributed by atoms with van der Waals surface area (Å²) in [5.41, 5.74) is 10.8. The van der Waals surface area contributed by atoms with E-state index in [0.29, 0.717) is 34.9 Å². The number of carbonyl (C=O) groups is 1. The van der Waals surface area contributed by atoms with E-state index in [2.05, 4.69) is 43.8 Å². The van der Waals surface area contributed by atoms with Crippen molar-refractivity contribution in [3.8, 4) is 0 Å². The highest BCUT2D eigenvalue weighted by Gasteiger charge is 2.12. The number of benzene rings is 1. The molecule has 2 amide bonds. The first-order valence-corrected chi connectivity index (χ1v) is 10.6. The van der Waals surface area contributed by atoms with Crippen LogP contribution >= 0.6 is 0 Å². The number of aryl methyl sites for hydroxylation is 1. The van der Waals surface area contributed by atoms with Crippen LogP contribution in [0.2, 0.25) is 0 Å². The number of unbranched alkanes of at least 4 members (excludes halogenated alkanes) is 1. The largest absolute Gasteiger partial charge is 0.398 e. The number of hydrogen-bond acceptors (Lipinski definition) is 5. The number of hydrogen-bond donors (Lipinski definition) is 3. The van der Waals surface area contributed by atoms with Gasteiger partial charge in [0.25, 0.3) is 0 Å². The molecule has 0 unspecified atom stereocenters. The molecule has 0 saturated carbocycles. The van der Waals surface area contributed by atoms with Crippen molar-refractivity contribution in [1.29, 1.82) is 0 Å². The van der Waals surface area contributed by atoms with Crippen LogP contribution in [0, 0.1) is 0 Å². The predicted molar refractivity (Wildman–Crippen MR) is 123 cm³/mol. The van der Waals surface area contributed by atoms with Crippen LogP contribution in [0.4, 0.5) is 10.6 Å². The lowest BCUT2D eigenvalue weighted by Crippen LogP contribution is -2.29. The third-order valence-corrected chi connectivity index (χ3v) is 5.14. The van der Waals surface area contributed by atoms with Gasteiger partial charge in [-0.05, 0) is 49.8 Å². The van der Waals surface area contributed by atoms with Crippen LogP contribution in [0.25, 0.3) is 16.7 Å². The van der Waals surface area contributed by atoms with Gasteiger partial charge in [0.2, 0.25) is 0 Å². The number of nitrogens with zero attached hydrogens (tertiary/aromatic N) is 3. The Balaban J connectivity index is 1.32. The Morgan fingerprint density at radius 2 is 1.84 bits per heavy atom. The lowest BCUT2D eigenvalue weighted by Gasteiger charge is -2.12. The third kappa shape index (κ3) is 5.45. The molecule has 0 spiro atoms. The molecular weight excluding hydrogens is 388 g/mol.